The average molecular weight is 514 g/mol. The maximum atomic E-state index is 12.5. The molecule has 4 aromatic rings. The number of nitrogens with one attached hydrogen (secondary N) is 1. The molecule has 8 nitrogen and oxygen atoms in total. The van der Waals surface area contributed by atoms with Gasteiger partial charge in [-0.1, -0.05) is 93.2 Å². The first kappa shape index (κ1) is 25.8. The van der Waals surface area contributed by atoms with Gasteiger partial charge in [-0.15, -0.1) is 10.2 Å². The summed E-state index contributed by atoms with van der Waals surface area (Å²) in [6, 6.07) is 24.4. The van der Waals surface area contributed by atoms with E-state index in [-0.39, 0.29) is 22.6 Å². The van der Waals surface area contributed by atoms with Gasteiger partial charge < -0.3 is 5.11 Å². The minimum Gasteiger partial charge on any atom is -0.478 e. The molecular formula is C28H27N5O3S. The molecule has 0 aliphatic rings. The highest BCUT2D eigenvalue weighted by Gasteiger charge is 2.19. The van der Waals surface area contributed by atoms with E-state index in [0.717, 1.165) is 11.3 Å². The highest BCUT2D eigenvalue weighted by Crippen LogP contribution is 2.30. The number of hydrogen-bond acceptors (Lipinski definition) is 6. The van der Waals surface area contributed by atoms with Crippen molar-refractivity contribution in [1.29, 1.82) is 0 Å². The summed E-state index contributed by atoms with van der Waals surface area (Å²) >= 11 is 1.24. The summed E-state index contributed by atoms with van der Waals surface area (Å²) < 4.78 is 1.93. The number of para-hydroxylation sites is 1. The maximum absolute atomic E-state index is 12.5. The van der Waals surface area contributed by atoms with Gasteiger partial charge in [0.1, 0.15) is 0 Å². The summed E-state index contributed by atoms with van der Waals surface area (Å²) in [5.41, 5.74) is 6.01. The van der Waals surface area contributed by atoms with Crippen molar-refractivity contribution in [2.45, 2.75) is 31.3 Å². The van der Waals surface area contributed by atoms with Crippen molar-refractivity contribution in [3.05, 3.63) is 95.6 Å². The van der Waals surface area contributed by atoms with Crippen LogP contribution in [0.3, 0.4) is 0 Å². The molecule has 0 spiro atoms. The zero-order chi connectivity index (χ0) is 26.4. The van der Waals surface area contributed by atoms with E-state index in [9.17, 15) is 14.7 Å². The van der Waals surface area contributed by atoms with Crippen molar-refractivity contribution in [2.24, 2.45) is 5.10 Å². The highest BCUT2D eigenvalue weighted by molar-refractivity contribution is 7.99. The third-order valence-corrected chi connectivity index (χ3v) is 6.50. The molecule has 1 aromatic heterocycles. The molecule has 0 aliphatic carbocycles. The van der Waals surface area contributed by atoms with Gasteiger partial charge >= 0.3 is 5.97 Å². The fourth-order valence-electron chi connectivity index (χ4n) is 3.62. The van der Waals surface area contributed by atoms with E-state index in [1.807, 2.05) is 47.0 Å². The van der Waals surface area contributed by atoms with E-state index in [0.29, 0.717) is 16.5 Å². The maximum Gasteiger partial charge on any atom is 0.336 e. The number of carboxylic acid groups (broad SMARTS) is 1. The van der Waals surface area contributed by atoms with Gasteiger partial charge in [-0.05, 0) is 29.2 Å². The number of amides is 1. The zero-order valence-electron chi connectivity index (χ0n) is 20.8. The minimum atomic E-state index is -1.06. The van der Waals surface area contributed by atoms with Gasteiger partial charge in [0.25, 0.3) is 5.91 Å². The molecule has 0 unspecified atom stereocenters. The predicted octanol–water partition coefficient (Wildman–Crippen LogP) is 5.17. The van der Waals surface area contributed by atoms with Gasteiger partial charge in [0, 0.05) is 16.8 Å². The first-order valence-electron chi connectivity index (χ1n) is 11.6. The van der Waals surface area contributed by atoms with E-state index in [1.54, 1.807) is 18.2 Å². The zero-order valence-corrected chi connectivity index (χ0v) is 21.6. The van der Waals surface area contributed by atoms with Crippen molar-refractivity contribution >= 4 is 29.9 Å². The summed E-state index contributed by atoms with van der Waals surface area (Å²) in [4.78, 5) is 23.8. The number of aromatic carboxylic acids is 1. The molecule has 0 saturated carbocycles. The molecule has 0 radical (unpaired) electrons. The summed E-state index contributed by atoms with van der Waals surface area (Å²) in [5.74, 6) is -0.690. The van der Waals surface area contributed by atoms with Gasteiger partial charge in [-0.25, -0.2) is 10.2 Å². The van der Waals surface area contributed by atoms with Crippen LogP contribution >= 0.6 is 11.8 Å². The first-order chi connectivity index (χ1) is 17.7. The third kappa shape index (κ3) is 6.31. The standard InChI is InChI=1S/C28H27N5O3S/c1-28(2,3)21-15-13-19(14-16-21)25-31-32-27(33(25)22-10-5-4-6-11-22)37-18-24(34)30-29-17-20-9-7-8-12-23(20)26(35)36/h4-17H,18H2,1-3H3,(H,30,34)(H,35,36). The lowest BCUT2D eigenvalue weighted by molar-refractivity contribution is -0.118. The Morgan fingerprint density at radius 2 is 1.65 bits per heavy atom. The minimum absolute atomic E-state index is 0.0399. The molecule has 37 heavy (non-hydrogen) atoms. The van der Waals surface area contributed by atoms with Crippen molar-refractivity contribution < 1.29 is 14.7 Å². The number of carbonyl (C=O) groups excluding carboxylic acids is 1. The number of nitrogens with zero attached hydrogens (tertiary/aromatic N) is 4. The van der Waals surface area contributed by atoms with Crippen LogP contribution in [0.1, 0.15) is 42.3 Å². The molecule has 0 fully saturated rings. The van der Waals surface area contributed by atoms with E-state index in [1.165, 1.54) is 29.6 Å². The fourth-order valence-corrected chi connectivity index (χ4v) is 4.36. The molecule has 3 aromatic carbocycles. The number of benzene rings is 3. The molecule has 1 amide bonds. The molecule has 9 heteroatoms. The third-order valence-electron chi connectivity index (χ3n) is 5.57. The second kappa shape index (κ2) is 11.2. The lowest BCUT2D eigenvalue weighted by atomic mass is 9.87. The van der Waals surface area contributed by atoms with Gasteiger partial charge in [0.05, 0.1) is 17.5 Å². The summed E-state index contributed by atoms with van der Waals surface area (Å²) in [7, 11) is 0. The molecule has 0 atom stereocenters. The van der Waals surface area contributed by atoms with Crippen LogP contribution in [-0.2, 0) is 10.2 Å². The average Bonchev–Trinajstić information content (AvgIpc) is 3.32. The van der Waals surface area contributed by atoms with Crippen molar-refractivity contribution in [1.82, 2.24) is 20.2 Å². The van der Waals surface area contributed by atoms with Gasteiger partial charge in [-0.2, -0.15) is 5.10 Å². The lowest BCUT2D eigenvalue weighted by Crippen LogP contribution is -2.20. The Balaban J connectivity index is 1.51. The molecule has 0 bridgehead atoms. The van der Waals surface area contributed by atoms with E-state index in [2.05, 4.69) is 53.6 Å². The molecule has 1 heterocycles. The number of hydrazone groups is 1. The molecule has 0 saturated heterocycles. The highest BCUT2D eigenvalue weighted by atomic mass is 32.2. The Hall–Kier alpha value is -4.24. The van der Waals surface area contributed by atoms with Crippen LogP contribution in [0.4, 0.5) is 0 Å². The SMILES string of the molecule is CC(C)(C)c1ccc(-c2nnc(SCC(=O)NN=Cc3ccccc3C(=O)O)n2-c2ccccc2)cc1. The van der Waals surface area contributed by atoms with Gasteiger partial charge in [0.2, 0.25) is 0 Å². The number of hydrogen-bond donors (Lipinski definition) is 2. The Morgan fingerprint density at radius 1 is 0.973 bits per heavy atom. The largest absolute Gasteiger partial charge is 0.478 e. The first-order valence-corrected chi connectivity index (χ1v) is 12.6. The second-order valence-corrected chi connectivity index (χ2v) is 10.2. The number of carboxylic acids is 1. The summed E-state index contributed by atoms with van der Waals surface area (Å²) in [6.07, 6.45) is 1.32. The Labute approximate surface area is 219 Å². The van der Waals surface area contributed by atoms with Gasteiger partial charge in [-0.3, -0.25) is 9.36 Å². The Kier molecular flexibility index (Phi) is 7.83. The van der Waals surface area contributed by atoms with Crippen LogP contribution in [-0.4, -0.2) is 43.7 Å². The van der Waals surface area contributed by atoms with E-state index < -0.39 is 5.97 Å². The topological polar surface area (TPSA) is 109 Å². The number of aromatic nitrogens is 3. The number of carbonyl (C=O) groups is 2. The van der Waals surface area contributed by atoms with Crippen LogP contribution in [0, 0.1) is 0 Å². The molecule has 0 aliphatic heterocycles. The van der Waals surface area contributed by atoms with E-state index in [4.69, 9.17) is 0 Å². The summed E-state index contributed by atoms with van der Waals surface area (Å²) in [5, 5.41) is 22.5. The predicted molar refractivity (Wildman–Crippen MR) is 145 cm³/mol. The van der Waals surface area contributed by atoms with Crippen molar-refractivity contribution in [3.8, 4) is 17.1 Å². The van der Waals surface area contributed by atoms with Crippen molar-refractivity contribution in [2.75, 3.05) is 5.75 Å². The smallest absolute Gasteiger partial charge is 0.336 e. The normalized spacial score (nSPS) is 11.5. The molecule has 2 N–H and O–H groups in total. The monoisotopic (exact) mass is 513 g/mol. The van der Waals surface area contributed by atoms with Crippen LogP contribution in [0.5, 0.6) is 0 Å². The fraction of sp³-hybridized carbons (Fsp3) is 0.179. The number of thioether (sulfide) groups is 1. The lowest BCUT2D eigenvalue weighted by Gasteiger charge is -2.19. The van der Waals surface area contributed by atoms with Gasteiger partial charge in [0.15, 0.2) is 11.0 Å². The van der Waals surface area contributed by atoms with Crippen LogP contribution in [0.2, 0.25) is 0 Å². The van der Waals surface area contributed by atoms with E-state index >= 15 is 0 Å². The van der Waals surface area contributed by atoms with Crippen LogP contribution in [0.15, 0.2) is 89.1 Å². The van der Waals surface area contributed by atoms with Crippen LogP contribution < -0.4 is 5.43 Å². The number of rotatable bonds is 8. The quantitative estimate of drug-likeness (QED) is 0.191. The van der Waals surface area contributed by atoms with Crippen molar-refractivity contribution in [3.63, 3.8) is 0 Å². The second-order valence-electron chi connectivity index (χ2n) is 9.28. The molecule has 188 valence electrons. The molecular weight excluding hydrogens is 486 g/mol. The van der Waals surface area contributed by atoms with Crippen LogP contribution in [0.25, 0.3) is 17.1 Å². The molecule has 4 rings (SSSR count). The summed E-state index contributed by atoms with van der Waals surface area (Å²) in [6.45, 7) is 6.51. The Morgan fingerprint density at radius 3 is 2.32 bits per heavy atom. The Bertz CT molecular complexity index is 1420.